The first-order valence-electron chi connectivity index (χ1n) is 6.88. The van der Waals surface area contributed by atoms with Crippen molar-refractivity contribution in [1.29, 1.82) is 0 Å². The zero-order valence-corrected chi connectivity index (χ0v) is 12.0. The van der Waals surface area contributed by atoms with Gasteiger partial charge in [-0.15, -0.1) is 0 Å². The molecule has 21 heavy (non-hydrogen) atoms. The molecule has 2 unspecified atom stereocenters. The van der Waals surface area contributed by atoms with Gasteiger partial charge in [-0.05, 0) is 24.1 Å². The van der Waals surface area contributed by atoms with Crippen LogP contribution in [0.3, 0.4) is 0 Å². The van der Waals surface area contributed by atoms with Crippen LogP contribution in [0.1, 0.15) is 36.6 Å². The van der Waals surface area contributed by atoms with E-state index in [9.17, 15) is 0 Å². The molecule has 0 saturated heterocycles. The number of oxime groups is 1. The summed E-state index contributed by atoms with van der Waals surface area (Å²) in [6, 6.07) is 14.0. The van der Waals surface area contributed by atoms with Gasteiger partial charge in [0.05, 0.1) is 0 Å². The Balaban J connectivity index is 2.16. The SMILES string of the molecule is CC(NC(CC(N)=NO)c1ccccc1)c1cccnc1. The molecular weight excluding hydrogens is 264 g/mol. The molecule has 1 aromatic heterocycles. The summed E-state index contributed by atoms with van der Waals surface area (Å²) in [4.78, 5) is 4.13. The average Bonchev–Trinajstić information content (AvgIpc) is 2.55. The number of aromatic nitrogens is 1. The van der Waals surface area contributed by atoms with Gasteiger partial charge in [0.2, 0.25) is 0 Å². The normalized spacial score (nSPS) is 14.6. The zero-order chi connectivity index (χ0) is 15.1. The van der Waals surface area contributed by atoms with Crippen LogP contribution in [-0.4, -0.2) is 16.0 Å². The van der Waals surface area contributed by atoms with Crippen LogP contribution in [0.5, 0.6) is 0 Å². The van der Waals surface area contributed by atoms with Gasteiger partial charge in [0.1, 0.15) is 5.84 Å². The molecule has 1 aromatic carbocycles. The van der Waals surface area contributed by atoms with Crippen molar-refractivity contribution in [3.05, 3.63) is 66.0 Å². The number of amidine groups is 1. The fourth-order valence-corrected chi connectivity index (χ4v) is 2.24. The minimum Gasteiger partial charge on any atom is -0.409 e. The predicted molar refractivity (Wildman–Crippen MR) is 83.0 cm³/mol. The molecule has 2 rings (SSSR count). The maximum Gasteiger partial charge on any atom is 0.141 e. The molecule has 0 amide bonds. The van der Waals surface area contributed by atoms with Crippen molar-refractivity contribution in [3.8, 4) is 0 Å². The third-order valence-corrected chi connectivity index (χ3v) is 3.38. The van der Waals surface area contributed by atoms with Crippen LogP contribution >= 0.6 is 0 Å². The Labute approximate surface area is 124 Å². The fraction of sp³-hybridized carbons (Fsp3) is 0.250. The van der Waals surface area contributed by atoms with Gasteiger partial charge >= 0.3 is 0 Å². The third-order valence-electron chi connectivity index (χ3n) is 3.38. The second-order valence-corrected chi connectivity index (χ2v) is 4.93. The van der Waals surface area contributed by atoms with E-state index >= 15 is 0 Å². The van der Waals surface area contributed by atoms with E-state index in [1.165, 1.54) is 0 Å². The lowest BCUT2D eigenvalue weighted by atomic mass is 10.0. The standard InChI is InChI=1S/C16H20N4O/c1-12(14-8-5-9-18-11-14)19-15(10-16(17)20-21)13-6-3-2-4-7-13/h2-9,11-12,15,19,21H,10H2,1H3,(H2,17,20). The highest BCUT2D eigenvalue weighted by atomic mass is 16.4. The number of nitrogens with two attached hydrogens (primary N) is 1. The highest BCUT2D eigenvalue weighted by Gasteiger charge is 2.17. The van der Waals surface area contributed by atoms with Crippen LogP contribution in [0.25, 0.3) is 0 Å². The van der Waals surface area contributed by atoms with Gasteiger partial charge in [-0.3, -0.25) is 4.98 Å². The first-order chi connectivity index (χ1) is 10.2. The molecule has 1 heterocycles. The molecule has 0 saturated carbocycles. The van der Waals surface area contributed by atoms with Crippen LogP contribution in [0.2, 0.25) is 0 Å². The van der Waals surface area contributed by atoms with E-state index < -0.39 is 0 Å². The molecule has 5 nitrogen and oxygen atoms in total. The van der Waals surface area contributed by atoms with Crippen molar-refractivity contribution in [2.45, 2.75) is 25.4 Å². The average molecular weight is 284 g/mol. The van der Waals surface area contributed by atoms with Crippen LogP contribution in [0, 0.1) is 0 Å². The van der Waals surface area contributed by atoms with E-state index in [1.807, 2.05) is 48.7 Å². The van der Waals surface area contributed by atoms with Gasteiger partial charge in [0, 0.05) is 30.9 Å². The molecule has 4 N–H and O–H groups in total. The molecule has 0 fully saturated rings. The van der Waals surface area contributed by atoms with Gasteiger partial charge in [-0.2, -0.15) is 0 Å². The van der Waals surface area contributed by atoms with Crippen molar-refractivity contribution in [1.82, 2.24) is 10.3 Å². The first kappa shape index (κ1) is 15.0. The fourth-order valence-electron chi connectivity index (χ4n) is 2.24. The molecule has 0 spiro atoms. The highest BCUT2D eigenvalue weighted by molar-refractivity contribution is 5.80. The number of nitrogens with zero attached hydrogens (tertiary/aromatic N) is 2. The summed E-state index contributed by atoms with van der Waals surface area (Å²) >= 11 is 0. The molecule has 0 bridgehead atoms. The van der Waals surface area contributed by atoms with Crippen LogP contribution in [-0.2, 0) is 0 Å². The highest BCUT2D eigenvalue weighted by Crippen LogP contribution is 2.21. The van der Waals surface area contributed by atoms with Gasteiger partial charge < -0.3 is 16.3 Å². The maximum absolute atomic E-state index is 8.81. The smallest absolute Gasteiger partial charge is 0.141 e. The van der Waals surface area contributed by atoms with Gasteiger partial charge in [-0.1, -0.05) is 41.6 Å². The molecule has 110 valence electrons. The number of benzene rings is 1. The topological polar surface area (TPSA) is 83.5 Å². The van der Waals surface area contributed by atoms with E-state index in [-0.39, 0.29) is 17.9 Å². The quantitative estimate of drug-likeness (QED) is 0.329. The minimum atomic E-state index is -0.0303. The van der Waals surface area contributed by atoms with Crippen LogP contribution in [0.15, 0.2) is 60.0 Å². The molecule has 2 atom stereocenters. The van der Waals surface area contributed by atoms with E-state index in [2.05, 4.69) is 22.4 Å². The number of hydrogen-bond acceptors (Lipinski definition) is 4. The zero-order valence-electron chi connectivity index (χ0n) is 12.0. The summed E-state index contributed by atoms with van der Waals surface area (Å²) in [5.41, 5.74) is 7.87. The van der Waals surface area contributed by atoms with Gasteiger partial charge in [0.25, 0.3) is 0 Å². The summed E-state index contributed by atoms with van der Waals surface area (Å²) < 4.78 is 0. The summed E-state index contributed by atoms with van der Waals surface area (Å²) in [6.45, 7) is 2.07. The Hall–Kier alpha value is -2.40. The second kappa shape index (κ2) is 7.40. The van der Waals surface area contributed by atoms with E-state index in [0.29, 0.717) is 6.42 Å². The maximum atomic E-state index is 8.81. The minimum absolute atomic E-state index is 0.0303. The number of rotatable bonds is 6. The van der Waals surface area contributed by atoms with E-state index in [4.69, 9.17) is 10.9 Å². The van der Waals surface area contributed by atoms with Crippen molar-refractivity contribution >= 4 is 5.84 Å². The molecule has 0 aliphatic rings. The largest absolute Gasteiger partial charge is 0.409 e. The summed E-state index contributed by atoms with van der Waals surface area (Å²) in [5.74, 6) is 0.203. The lowest BCUT2D eigenvalue weighted by Crippen LogP contribution is -2.29. The third kappa shape index (κ3) is 4.29. The number of pyridine rings is 1. The van der Waals surface area contributed by atoms with Crippen molar-refractivity contribution in [2.24, 2.45) is 10.9 Å². The van der Waals surface area contributed by atoms with Crippen molar-refractivity contribution < 1.29 is 5.21 Å². The molecule has 0 aliphatic carbocycles. The molecular formula is C16H20N4O. The Morgan fingerprint density at radius 1 is 1.24 bits per heavy atom. The van der Waals surface area contributed by atoms with Crippen molar-refractivity contribution in [2.75, 3.05) is 0 Å². The summed E-state index contributed by atoms with van der Waals surface area (Å²) in [6.07, 6.45) is 4.02. The Morgan fingerprint density at radius 2 is 1.95 bits per heavy atom. The number of hydrogen-bond donors (Lipinski definition) is 3. The predicted octanol–water partition coefficient (Wildman–Crippen LogP) is 2.61. The molecule has 2 aromatic rings. The van der Waals surface area contributed by atoms with Crippen LogP contribution in [0.4, 0.5) is 0 Å². The van der Waals surface area contributed by atoms with E-state index in [0.717, 1.165) is 11.1 Å². The van der Waals surface area contributed by atoms with Gasteiger partial charge in [0.15, 0.2) is 0 Å². The van der Waals surface area contributed by atoms with Crippen molar-refractivity contribution in [3.63, 3.8) is 0 Å². The monoisotopic (exact) mass is 284 g/mol. The Bertz CT molecular complexity index is 571. The Kier molecular flexibility index (Phi) is 5.29. The first-order valence-corrected chi connectivity index (χ1v) is 6.88. The van der Waals surface area contributed by atoms with Gasteiger partial charge in [-0.25, -0.2) is 0 Å². The second-order valence-electron chi connectivity index (χ2n) is 4.93. The molecule has 0 radical (unpaired) electrons. The summed E-state index contributed by atoms with van der Waals surface area (Å²) in [5, 5.41) is 15.4. The Morgan fingerprint density at radius 3 is 2.57 bits per heavy atom. The summed E-state index contributed by atoms with van der Waals surface area (Å²) in [7, 11) is 0. The van der Waals surface area contributed by atoms with E-state index in [1.54, 1.807) is 6.20 Å². The molecule has 0 aliphatic heterocycles. The number of nitrogens with one attached hydrogen (secondary N) is 1. The lowest BCUT2D eigenvalue weighted by molar-refractivity contribution is 0.315. The molecule has 5 heteroatoms. The van der Waals surface area contributed by atoms with Crippen LogP contribution < -0.4 is 11.1 Å². The lowest BCUT2D eigenvalue weighted by Gasteiger charge is -2.23.